The van der Waals surface area contributed by atoms with Crippen molar-refractivity contribution in [2.24, 2.45) is 0 Å². The highest BCUT2D eigenvalue weighted by molar-refractivity contribution is 7.99. The molecule has 0 unspecified atom stereocenters. The van der Waals surface area contributed by atoms with Crippen LogP contribution in [0.4, 0.5) is 5.95 Å². The second-order valence-corrected chi connectivity index (χ2v) is 7.52. The molecule has 146 valence electrons. The SMILES string of the molecule is CCn1c(SCC(=O)NCCc2ccc(Cl)cc2)nnc1N1CCOCC1. The predicted octanol–water partition coefficient (Wildman–Crippen LogP) is 2.24. The normalized spacial score (nSPS) is 14.4. The summed E-state index contributed by atoms with van der Waals surface area (Å²) in [5, 5.41) is 13.0. The Balaban J connectivity index is 1.46. The first-order valence-corrected chi connectivity index (χ1v) is 10.4. The summed E-state index contributed by atoms with van der Waals surface area (Å²) in [4.78, 5) is 14.3. The van der Waals surface area contributed by atoms with E-state index in [0.717, 1.165) is 47.7 Å². The van der Waals surface area contributed by atoms with E-state index in [1.165, 1.54) is 11.8 Å². The number of nitrogens with zero attached hydrogens (tertiary/aromatic N) is 4. The average molecular weight is 410 g/mol. The summed E-state index contributed by atoms with van der Waals surface area (Å²) < 4.78 is 7.44. The summed E-state index contributed by atoms with van der Waals surface area (Å²) in [5.74, 6) is 1.17. The summed E-state index contributed by atoms with van der Waals surface area (Å²) >= 11 is 7.29. The highest BCUT2D eigenvalue weighted by Gasteiger charge is 2.20. The van der Waals surface area contributed by atoms with Crippen LogP contribution < -0.4 is 10.2 Å². The smallest absolute Gasteiger partial charge is 0.230 e. The number of thioether (sulfide) groups is 1. The van der Waals surface area contributed by atoms with Gasteiger partial charge in [0.25, 0.3) is 0 Å². The average Bonchev–Trinajstić information content (AvgIpc) is 3.11. The first-order chi connectivity index (χ1) is 13.2. The molecular formula is C18H24ClN5O2S. The van der Waals surface area contributed by atoms with Crippen LogP contribution >= 0.6 is 23.4 Å². The topological polar surface area (TPSA) is 72.3 Å². The summed E-state index contributed by atoms with van der Waals surface area (Å²) in [7, 11) is 0. The first-order valence-electron chi connectivity index (χ1n) is 9.07. The van der Waals surface area contributed by atoms with Crippen molar-refractivity contribution in [2.45, 2.75) is 25.0 Å². The molecule has 0 bridgehead atoms. The molecule has 1 aromatic heterocycles. The summed E-state index contributed by atoms with van der Waals surface area (Å²) in [5.41, 5.74) is 1.15. The quantitative estimate of drug-likeness (QED) is 0.674. The minimum absolute atomic E-state index is 0.00691. The minimum Gasteiger partial charge on any atom is -0.378 e. The second-order valence-electron chi connectivity index (χ2n) is 6.14. The number of benzene rings is 1. The van der Waals surface area contributed by atoms with Crippen LogP contribution in [0.5, 0.6) is 0 Å². The number of amides is 1. The molecule has 2 heterocycles. The maximum Gasteiger partial charge on any atom is 0.230 e. The molecule has 1 amide bonds. The summed E-state index contributed by atoms with van der Waals surface area (Å²) in [6.45, 7) is 6.45. The van der Waals surface area contributed by atoms with E-state index in [1.807, 2.05) is 24.3 Å². The van der Waals surface area contributed by atoms with Gasteiger partial charge >= 0.3 is 0 Å². The summed E-state index contributed by atoms with van der Waals surface area (Å²) in [6, 6.07) is 7.66. The van der Waals surface area contributed by atoms with E-state index < -0.39 is 0 Å². The molecular weight excluding hydrogens is 386 g/mol. The molecule has 27 heavy (non-hydrogen) atoms. The second kappa shape index (κ2) is 9.96. The van der Waals surface area contributed by atoms with Crippen molar-refractivity contribution in [1.29, 1.82) is 0 Å². The van der Waals surface area contributed by atoms with Crippen molar-refractivity contribution in [3.8, 4) is 0 Å². The van der Waals surface area contributed by atoms with Gasteiger partial charge in [0.15, 0.2) is 5.16 Å². The molecule has 1 aliphatic heterocycles. The molecule has 0 radical (unpaired) electrons. The number of hydrogen-bond acceptors (Lipinski definition) is 6. The van der Waals surface area contributed by atoms with Gasteiger partial charge < -0.3 is 15.0 Å². The third-order valence-corrected chi connectivity index (χ3v) is 5.51. The van der Waals surface area contributed by atoms with Crippen LogP contribution in [0.3, 0.4) is 0 Å². The van der Waals surface area contributed by atoms with Crippen molar-refractivity contribution < 1.29 is 9.53 Å². The Morgan fingerprint density at radius 1 is 1.26 bits per heavy atom. The van der Waals surface area contributed by atoms with Crippen LogP contribution in [0, 0.1) is 0 Å². The van der Waals surface area contributed by atoms with Crippen LogP contribution in [0.25, 0.3) is 0 Å². The van der Waals surface area contributed by atoms with Crippen molar-refractivity contribution >= 4 is 35.2 Å². The van der Waals surface area contributed by atoms with Crippen LogP contribution in [-0.2, 0) is 22.5 Å². The lowest BCUT2D eigenvalue weighted by atomic mass is 10.1. The number of rotatable bonds is 8. The molecule has 1 N–H and O–H groups in total. The third kappa shape index (κ3) is 5.60. The fraction of sp³-hybridized carbons (Fsp3) is 0.500. The Labute approximate surface area is 168 Å². The molecule has 0 saturated carbocycles. The first kappa shape index (κ1) is 20.0. The molecule has 0 spiro atoms. The zero-order valence-electron chi connectivity index (χ0n) is 15.4. The molecule has 1 saturated heterocycles. The van der Waals surface area contributed by atoms with Gasteiger partial charge in [0.2, 0.25) is 11.9 Å². The molecule has 1 fully saturated rings. The van der Waals surface area contributed by atoms with Gasteiger partial charge in [0.05, 0.1) is 19.0 Å². The van der Waals surface area contributed by atoms with Crippen LogP contribution in [0.1, 0.15) is 12.5 Å². The fourth-order valence-corrected chi connectivity index (χ4v) is 3.79. The van der Waals surface area contributed by atoms with Crippen LogP contribution in [-0.4, -0.2) is 59.3 Å². The van der Waals surface area contributed by atoms with Crippen LogP contribution in [0.2, 0.25) is 5.02 Å². The molecule has 0 aliphatic carbocycles. The number of halogens is 1. The van der Waals surface area contributed by atoms with Crippen molar-refractivity contribution in [1.82, 2.24) is 20.1 Å². The molecule has 9 heteroatoms. The van der Waals surface area contributed by atoms with E-state index in [-0.39, 0.29) is 5.91 Å². The van der Waals surface area contributed by atoms with E-state index in [0.29, 0.717) is 25.5 Å². The lowest BCUT2D eigenvalue weighted by molar-refractivity contribution is -0.118. The Morgan fingerprint density at radius 2 is 2.00 bits per heavy atom. The zero-order chi connectivity index (χ0) is 19.1. The van der Waals surface area contributed by atoms with Gasteiger partial charge in [-0.3, -0.25) is 9.36 Å². The van der Waals surface area contributed by atoms with Gasteiger partial charge in [-0.05, 0) is 31.0 Å². The number of aromatic nitrogens is 3. The van der Waals surface area contributed by atoms with Gasteiger partial charge in [-0.1, -0.05) is 35.5 Å². The molecule has 3 rings (SSSR count). The fourth-order valence-electron chi connectivity index (χ4n) is 2.84. The zero-order valence-corrected chi connectivity index (χ0v) is 16.9. The molecule has 0 atom stereocenters. The largest absolute Gasteiger partial charge is 0.378 e. The molecule has 1 aliphatic rings. The van der Waals surface area contributed by atoms with Gasteiger partial charge in [0.1, 0.15) is 0 Å². The Bertz CT molecular complexity index is 747. The maximum absolute atomic E-state index is 12.1. The van der Waals surface area contributed by atoms with Crippen molar-refractivity contribution in [3.05, 3.63) is 34.9 Å². The monoisotopic (exact) mass is 409 g/mol. The van der Waals surface area contributed by atoms with E-state index in [9.17, 15) is 4.79 Å². The van der Waals surface area contributed by atoms with Crippen molar-refractivity contribution in [2.75, 3.05) is 43.5 Å². The third-order valence-electron chi connectivity index (χ3n) is 4.29. The van der Waals surface area contributed by atoms with Gasteiger partial charge in [0, 0.05) is 31.2 Å². The Morgan fingerprint density at radius 3 is 2.70 bits per heavy atom. The molecule has 7 nitrogen and oxygen atoms in total. The highest BCUT2D eigenvalue weighted by atomic mass is 35.5. The van der Waals surface area contributed by atoms with E-state index in [1.54, 1.807) is 0 Å². The summed E-state index contributed by atoms with van der Waals surface area (Å²) in [6.07, 6.45) is 0.778. The number of morpholine rings is 1. The predicted molar refractivity (Wildman–Crippen MR) is 108 cm³/mol. The van der Waals surface area contributed by atoms with Crippen molar-refractivity contribution in [3.63, 3.8) is 0 Å². The number of nitrogens with one attached hydrogen (secondary N) is 1. The lowest BCUT2D eigenvalue weighted by Gasteiger charge is -2.27. The van der Waals surface area contributed by atoms with Gasteiger partial charge in [-0.2, -0.15) is 0 Å². The molecule has 2 aromatic rings. The van der Waals surface area contributed by atoms with Gasteiger partial charge in [-0.25, -0.2) is 0 Å². The molecule has 1 aromatic carbocycles. The number of anilines is 1. The Hall–Kier alpha value is -1.77. The van der Waals surface area contributed by atoms with E-state index in [4.69, 9.17) is 16.3 Å². The number of hydrogen-bond donors (Lipinski definition) is 1. The van der Waals surface area contributed by atoms with Crippen LogP contribution in [0.15, 0.2) is 29.4 Å². The number of carbonyl (C=O) groups excluding carboxylic acids is 1. The lowest BCUT2D eigenvalue weighted by Crippen LogP contribution is -2.38. The standard InChI is InChI=1S/C18H24ClN5O2S/c1-2-24-17(23-9-11-26-12-10-23)21-22-18(24)27-13-16(25)20-8-7-14-3-5-15(19)6-4-14/h3-6H,2,7-13H2,1H3,(H,20,25). The Kier molecular flexibility index (Phi) is 7.37. The van der Waals surface area contributed by atoms with E-state index in [2.05, 4.69) is 31.9 Å². The van der Waals surface area contributed by atoms with Gasteiger partial charge in [-0.15, -0.1) is 10.2 Å². The number of carbonyl (C=O) groups is 1. The highest BCUT2D eigenvalue weighted by Crippen LogP contribution is 2.22. The minimum atomic E-state index is -0.00691. The van der Waals surface area contributed by atoms with E-state index >= 15 is 0 Å². The maximum atomic E-state index is 12.1. The number of ether oxygens (including phenoxy) is 1.